The standard InChI is InChI=1S/C11H19N3OS/c1-14-5-2-3-9(4-6-14)12-7-10-8-16-11(15)13-10/h8-9,12H,2-7H2,1H3,(H,13,15). The zero-order chi connectivity index (χ0) is 11.4. The molecule has 1 aromatic rings. The highest BCUT2D eigenvalue weighted by atomic mass is 32.1. The van der Waals surface area contributed by atoms with E-state index in [2.05, 4.69) is 22.2 Å². The molecule has 0 aliphatic carbocycles. The molecule has 2 rings (SSSR count). The van der Waals surface area contributed by atoms with Crippen LogP contribution >= 0.6 is 11.3 Å². The third-order valence-corrected chi connectivity index (χ3v) is 3.82. The van der Waals surface area contributed by atoms with Crippen LogP contribution in [0.25, 0.3) is 0 Å². The molecule has 16 heavy (non-hydrogen) atoms. The van der Waals surface area contributed by atoms with Gasteiger partial charge < -0.3 is 15.2 Å². The lowest BCUT2D eigenvalue weighted by atomic mass is 10.1. The van der Waals surface area contributed by atoms with Crippen LogP contribution in [-0.2, 0) is 6.54 Å². The van der Waals surface area contributed by atoms with Gasteiger partial charge in [0.25, 0.3) is 0 Å². The average molecular weight is 241 g/mol. The molecular formula is C11H19N3OS. The molecule has 1 saturated heterocycles. The fourth-order valence-corrected chi connectivity index (χ4v) is 2.68. The predicted molar refractivity (Wildman–Crippen MR) is 66.9 cm³/mol. The number of thiazole rings is 1. The Kier molecular flexibility index (Phi) is 4.15. The molecule has 0 aromatic carbocycles. The number of aromatic nitrogens is 1. The van der Waals surface area contributed by atoms with Crippen LogP contribution in [-0.4, -0.2) is 36.1 Å². The summed E-state index contributed by atoms with van der Waals surface area (Å²) in [6.07, 6.45) is 3.69. The molecule has 4 nitrogen and oxygen atoms in total. The van der Waals surface area contributed by atoms with Gasteiger partial charge in [0.05, 0.1) is 0 Å². The highest BCUT2D eigenvalue weighted by Gasteiger charge is 2.14. The summed E-state index contributed by atoms with van der Waals surface area (Å²) in [5, 5.41) is 5.42. The van der Waals surface area contributed by atoms with Crippen molar-refractivity contribution in [2.45, 2.75) is 31.8 Å². The minimum atomic E-state index is 0.0393. The molecule has 1 fully saturated rings. The van der Waals surface area contributed by atoms with Gasteiger partial charge in [-0.1, -0.05) is 11.3 Å². The van der Waals surface area contributed by atoms with Crippen molar-refractivity contribution in [2.24, 2.45) is 0 Å². The first-order valence-corrected chi connectivity index (χ1v) is 6.70. The number of aromatic amines is 1. The fourth-order valence-electron chi connectivity index (χ4n) is 2.10. The maximum atomic E-state index is 11.0. The summed E-state index contributed by atoms with van der Waals surface area (Å²) in [4.78, 5) is 16.2. The van der Waals surface area contributed by atoms with Crippen LogP contribution in [0.5, 0.6) is 0 Å². The first kappa shape index (κ1) is 11.8. The van der Waals surface area contributed by atoms with E-state index in [4.69, 9.17) is 0 Å². The minimum absolute atomic E-state index is 0.0393. The highest BCUT2D eigenvalue weighted by Crippen LogP contribution is 2.10. The normalized spacial score (nSPS) is 23.2. The molecule has 0 amide bonds. The van der Waals surface area contributed by atoms with Crippen LogP contribution in [0.3, 0.4) is 0 Å². The van der Waals surface area contributed by atoms with E-state index in [0.29, 0.717) is 6.04 Å². The SMILES string of the molecule is CN1CCCC(NCc2csc(=O)[nH]2)CC1. The molecule has 1 aliphatic heterocycles. The van der Waals surface area contributed by atoms with E-state index in [-0.39, 0.29) is 4.87 Å². The van der Waals surface area contributed by atoms with Crippen LogP contribution in [0.2, 0.25) is 0 Å². The van der Waals surface area contributed by atoms with Gasteiger partial charge in [-0.05, 0) is 39.4 Å². The van der Waals surface area contributed by atoms with Gasteiger partial charge in [0.1, 0.15) is 0 Å². The summed E-state index contributed by atoms with van der Waals surface area (Å²) in [5.41, 5.74) is 1.01. The van der Waals surface area contributed by atoms with Gasteiger partial charge in [0.15, 0.2) is 0 Å². The van der Waals surface area contributed by atoms with Crippen LogP contribution in [0.4, 0.5) is 0 Å². The number of rotatable bonds is 3. The van der Waals surface area contributed by atoms with E-state index < -0.39 is 0 Å². The van der Waals surface area contributed by atoms with Crippen LogP contribution in [0.15, 0.2) is 10.2 Å². The summed E-state index contributed by atoms with van der Waals surface area (Å²) in [7, 11) is 2.18. The summed E-state index contributed by atoms with van der Waals surface area (Å²) in [5.74, 6) is 0. The summed E-state index contributed by atoms with van der Waals surface area (Å²) in [6.45, 7) is 3.15. The van der Waals surface area contributed by atoms with E-state index in [0.717, 1.165) is 18.8 Å². The minimum Gasteiger partial charge on any atom is -0.315 e. The predicted octanol–water partition coefficient (Wildman–Crippen LogP) is 1.01. The Hall–Kier alpha value is -0.650. The van der Waals surface area contributed by atoms with E-state index >= 15 is 0 Å². The Morgan fingerprint density at radius 3 is 3.19 bits per heavy atom. The Morgan fingerprint density at radius 2 is 2.44 bits per heavy atom. The summed E-state index contributed by atoms with van der Waals surface area (Å²) in [6, 6.07) is 0.591. The van der Waals surface area contributed by atoms with Crippen LogP contribution in [0.1, 0.15) is 25.0 Å². The van der Waals surface area contributed by atoms with Crippen molar-refractivity contribution in [3.63, 3.8) is 0 Å². The fraction of sp³-hybridized carbons (Fsp3) is 0.727. The third kappa shape index (κ3) is 3.43. The smallest absolute Gasteiger partial charge is 0.304 e. The van der Waals surface area contributed by atoms with E-state index in [1.165, 1.54) is 37.1 Å². The lowest BCUT2D eigenvalue weighted by molar-refractivity contribution is 0.343. The number of H-pyrrole nitrogens is 1. The van der Waals surface area contributed by atoms with Gasteiger partial charge in [0, 0.05) is 23.7 Å². The molecular weight excluding hydrogens is 222 g/mol. The van der Waals surface area contributed by atoms with Gasteiger partial charge in [-0.25, -0.2) is 0 Å². The second kappa shape index (κ2) is 5.61. The lowest BCUT2D eigenvalue weighted by Crippen LogP contribution is -2.30. The monoisotopic (exact) mass is 241 g/mol. The molecule has 2 N–H and O–H groups in total. The van der Waals surface area contributed by atoms with Crippen LogP contribution in [0, 0.1) is 0 Å². The van der Waals surface area contributed by atoms with Gasteiger partial charge >= 0.3 is 4.87 Å². The Balaban J connectivity index is 1.79. The number of nitrogens with one attached hydrogen (secondary N) is 2. The molecule has 1 aliphatic rings. The van der Waals surface area contributed by atoms with E-state index in [1.54, 1.807) is 0 Å². The van der Waals surface area contributed by atoms with Crippen molar-refractivity contribution in [1.82, 2.24) is 15.2 Å². The van der Waals surface area contributed by atoms with Crippen LogP contribution < -0.4 is 10.2 Å². The largest absolute Gasteiger partial charge is 0.315 e. The number of likely N-dealkylation sites (tertiary alicyclic amines) is 1. The molecule has 5 heteroatoms. The average Bonchev–Trinajstić information content (AvgIpc) is 2.56. The maximum absolute atomic E-state index is 11.0. The lowest BCUT2D eigenvalue weighted by Gasteiger charge is -2.16. The van der Waals surface area contributed by atoms with Crippen molar-refractivity contribution in [3.05, 3.63) is 20.7 Å². The molecule has 1 atom stereocenters. The number of hydrogen-bond acceptors (Lipinski definition) is 4. The third-order valence-electron chi connectivity index (χ3n) is 3.10. The molecule has 2 heterocycles. The zero-order valence-electron chi connectivity index (χ0n) is 9.66. The van der Waals surface area contributed by atoms with Crippen molar-refractivity contribution in [1.29, 1.82) is 0 Å². The summed E-state index contributed by atoms with van der Waals surface area (Å²) >= 11 is 1.24. The van der Waals surface area contributed by atoms with Gasteiger partial charge in [-0.3, -0.25) is 4.79 Å². The first-order chi connectivity index (χ1) is 7.74. The molecule has 1 aromatic heterocycles. The summed E-state index contributed by atoms with van der Waals surface area (Å²) < 4.78 is 0. The Bertz CT molecular complexity index is 373. The number of hydrogen-bond donors (Lipinski definition) is 2. The topological polar surface area (TPSA) is 48.1 Å². The Labute approximate surface area is 99.7 Å². The Morgan fingerprint density at radius 1 is 1.56 bits per heavy atom. The van der Waals surface area contributed by atoms with E-state index in [9.17, 15) is 4.79 Å². The molecule has 1 unspecified atom stereocenters. The highest BCUT2D eigenvalue weighted by molar-refractivity contribution is 7.07. The van der Waals surface area contributed by atoms with Crippen molar-refractivity contribution < 1.29 is 0 Å². The second-order valence-electron chi connectivity index (χ2n) is 4.49. The molecule has 0 saturated carbocycles. The molecule has 0 spiro atoms. The molecule has 0 bridgehead atoms. The molecule has 0 radical (unpaired) electrons. The van der Waals surface area contributed by atoms with Crippen molar-refractivity contribution in [2.75, 3.05) is 20.1 Å². The maximum Gasteiger partial charge on any atom is 0.304 e. The zero-order valence-corrected chi connectivity index (χ0v) is 10.5. The quantitative estimate of drug-likeness (QED) is 0.830. The van der Waals surface area contributed by atoms with Crippen molar-refractivity contribution in [3.8, 4) is 0 Å². The second-order valence-corrected chi connectivity index (χ2v) is 5.33. The number of nitrogens with zero attached hydrogens (tertiary/aromatic N) is 1. The van der Waals surface area contributed by atoms with Gasteiger partial charge in [-0.2, -0.15) is 0 Å². The molecule has 90 valence electrons. The van der Waals surface area contributed by atoms with Gasteiger partial charge in [0.2, 0.25) is 0 Å². The van der Waals surface area contributed by atoms with Gasteiger partial charge in [-0.15, -0.1) is 0 Å². The van der Waals surface area contributed by atoms with Crippen molar-refractivity contribution >= 4 is 11.3 Å². The van der Waals surface area contributed by atoms with E-state index in [1.807, 2.05) is 5.38 Å². The first-order valence-electron chi connectivity index (χ1n) is 5.82.